The van der Waals surface area contributed by atoms with E-state index in [1.165, 1.54) is 29.5 Å². The molecule has 0 unspecified atom stereocenters. The standard InChI is InChI=1S/C22H25NOS/c1-2-3-4-5-6-7-22(24)17-8-10-19(11-9-17)25-20-12-13-21-18(16-20)14-15-23-21/h8-16,23H,2-7H2,1H3. The van der Waals surface area contributed by atoms with Gasteiger partial charge in [0, 0.05) is 38.9 Å². The van der Waals surface area contributed by atoms with E-state index in [-0.39, 0.29) is 5.78 Å². The van der Waals surface area contributed by atoms with Gasteiger partial charge in [0.1, 0.15) is 0 Å². The highest BCUT2D eigenvalue weighted by atomic mass is 32.2. The van der Waals surface area contributed by atoms with Gasteiger partial charge in [-0.2, -0.15) is 0 Å². The molecule has 1 N–H and O–H groups in total. The number of fused-ring (bicyclic) bond motifs is 1. The molecule has 0 aliphatic carbocycles. The molecule has 3 heteroatoms. The minimum absolute atomic E-state index is 0.266. The van der Waals surface area contributed by atoms with Crippen molar-refractivity contribution in [3.8, 4) is 0 Å². The van der Waals surface area contributed by atoms with Crippen LogP contribution in [0.3, 0.4) is 0 Å². The topological polar surface area (TPSA) is 32.9 Å². The minimum Gasteiger partial charge on any atom is -0.361 e. The molecule has 0 bridgehead atoms. The van der Waals surface area contributed by atoms with Crippen molar-refractivity contribution < 1.29 is 4.79 Å². The summed E-state index contributed by atoms with van der Waals surface area (Å²) < 4.78 is 0. The highest BCUT2D eigenvalue weighted by Gasteiger charge is 2.06. The van der Waals surface area contributed by atoms with E-state index in [1.54, 1.807) is 11.8 Å². The first-order valence-electron chi connectivity index (χ1n) is 9.14. The maximum atomic E-state index is 12.3. The van der Waals surface area contributed by atoms with Crippen molar-refractivity contribution >= 4 is 28.4 Å². The van der Waals surface area contributed by atoms with E-state index >= 15 is 0 Å². The Labute approximate surface area is 154 Å². The molecule has 0 amide bonds. The first-order valence-corrected chi connectivity index (χ1v) is 9.96. The fraction of sp³-hybridized carbons (Fsp3) is 0.318. The molecule has 0 fully saturated rings. The molecule has 0 spiro atoms. The average molecular weight is 352 g/mol. The van der Waals surface area contributed by atoms with Crippen LogP contribution in [0.1, 0.15) is 55.8 Å². The van der Waals surface area contributed by atoms with Gasteiger partial charge in [-0.25, -0.2) is 0 Å². The molecular weight excluding hydrogens is 326 g/mol. The van der Waals surface area contributed by atoms with Gasteiger partial charge >= 0.3 is 0 Å². The summed E-state index contributed by atoms with van der Waals surface area (Å²) in [5.41, 5.74) is 1.99. The van der Waals surface area contributed by atoms with Crippen LogP contribution in [0.25, 0.3) is 10.9 Å². The van der Waals surface area contributed by atoms with Crippen molar-refractivity contribution in [3.63, 3.8) is 0 Å². The van der Waals surface area contributed by atoms with E-state index < -0.39 is 0 Å². The Morgan fingerprint density at radius 2 is 1.68 bits per heavy atom. The highest BCUT2D eigenvalue weighted by Crippen LogP contribution is 2.30. The Hall–Kier alpha value is -2.00. The number of benzene rings is 2. The maximum absolute atomic E-state index is 12.3. The smallest absolute Gasteiger partial charge is 0.162 e. The van der Waals surface area contributed by atoms with Crippen LogP contribution in [0.5, 0.6) is 0 Å². The Morgan fingerprint density at radius 1 is 0.920 bits per heavy atom. The molecular formula is C22H25NOS. The van der Waals surface area contributed by atoms with Crippen LogP contribution in [-0.2, 0) is 0 Å². The molecule has 0 aliphatic heterocycles. The van der Waals surface area contributed by atoms with Crippen molar-refractivity contribution in [2.24, 2.45) is 0 Å². The Balaban J connectivity index is 1.55. The highest BCUT2D eigenvalue weighted by molar-refractivity contribution is 7.99. The zero-order chi connectivity index (χ0) is 17.5. The summed E-state index contributed by atoms with van der Waals surface area (Å²) in [6.45, 7) is 2.21. The first kappa shape index (κ1) is 17.8. The van der Waals surface area contributed by atoms with Crippen LogP contribution in [0, 0.1) is 0 Å². The summed E-state index contributed by atoms with van der Waals surface area (Å²) >= 11 is 1.73. The summed E-state index contributed by atoms with van der Waals surface area (Å²) in [4.78, 5) is 17.8. The number of hydrogen-bond donors (Lipinski definition) is 1. The lowest BCUT2D eigenvalue weighted by Gasteiger charge is -2.05. The third-order valence-corrected chi connectivity index (χ3v) is 5.44. The number of aromatic nitrogens is 1. The minimum atomic E-state index is 0.266. The van der Waals surface area contributed by atoms with Gasteiger partial charge in [-0.1, -0.05) is 56.5 Å². The molecule has 0 atom stereocenters. The van der Waals surface area contributed by atoms with Crippen LogP contribution < -0.4 is 0 Å². The molecule has 2 nitrogen and oxygen atoms in total. The van der Waals surface area contributed by atoms with E-state index in [0.29, 0.717) is 6.42 Å². The number of ketones is 1. The normalized spacial score (nSPS) is 11.1. The number of Topliss-reactive ketones (excluding diaryl/α,β-unsaturated/α-hetero) is 1. The number of aromatic amines is 1. The van der Waals surface area contributed by atoms with Crippen LogP contribution in [0.2, 0.25) is 0 Å². The monoisotopic (exact) mass is 351 g/mol. The Morgan fingerprint density at radius 3 is 2.48 bits per heavy atom. The Bertz CT molecular complexity index is 819. The summed E-state index contributed by atoms with van der Waals surface area (Å²) in [6, 6.07) is 16.5. The second-order valence-electron chi connectivity index (χ2n) is 6.44. The number of carbonyl (C=O) groups is 1. The van der Waals surface area contributed by atoms with Crippen molar-refractivity contribution in [2.75, 3.05) is 0 Å². The molecule has 0 saturated carbocycles. The molecule has 0 saturated heterocycles. The van der Waals surface area contributed by atoms with E-state index in [1.807, 2.05) is 18.3 Å². The van der Waals surface area contributed by atoms with Crippen molar-refractivity contribution in [1.82, 2.24) is 4.98 Å². The predicted octanol–water partition coefficient (Wildman–Crippen LogP) is 6.86. The molecule has 2 aromatic carbocycles. The van der Waals surface area contributed by atoms with Gasteiger partial charge in [0.15, 0.2) is 5.78 Å². The van der Waals surface area contributed by atoms with Gasteiger partial charge in [-0.05, 0) is 42.8 Å². The second-order valence-corrected chi connectivity index (χ2v) is 7.59. The Kier molecular flexibility index (Phi) is 6.35. The first-order chi connectivity index (χ1) is 12.3. The molecule has 1 aromatic heterocycles. The predicted molar refractivity (Wildman–Crippen MR) is 107 cm³/mol. The van der Waals surface area contributed by atoms with E-state index in [4.69, 9.17) is 0 Å². The molecule has 0 radical (unpaired) electrons. The van der Waals surface area contributed by atoms with E-state index in [9.17, 15) is 4.79 Å². The number of nitrogens with one attached hydrogen (secondary N) is 1. The molecule has 3 aromatic rings. The molecule has 25 heavy (non-hydrogen) atoms. The van der Waals surface area contributed by atoms with Gasteiger partial charge in [-0.15, -0.1) is 0 Å². The second kappa shape index (κ2) is 8.91. The summed E-state index contributed by atoms with van der Waals surface area (Å²) in [5.74, 6) is 0.266. The van der Waals surface area contributed by atoms with Gasteiger partial charge in [0.25, 0.3) is 0 Å². The van der Waals surface area contributed by atoms with Crippen molar-refractivity contribution in [1.29, 1.82) is 0 Å². The van der Waals surface area contributed by atoms with E-state index in [0.717, 1.165) is 28.8 Å². The number of rotatable bonds is 9. The lowest BCUT2D eigenvalue weighted by Crippen LogP contribution is -1.98. The molecule has 1 heterocycles. The van der Waals surface area contributed by atoms with Gasteiger partial charge in [0.2, 0.25) is 0 Å². The average Bonchev–Trinajstić information content (AvgIpc) is 3.10. The summed E-state index contributed by atoms with van der Waals surface area (Å²) in [5, 5.41) is 1.22. The largest absolute Gasteiger partial charge is 0.361 e. The third kappa shape index (κ3) is 4.99. The number of H-pyrrole nitrogens is 1. The van der Waals surface area contributed by atoms with Crippen LogP contribution in [-0.4, -0.2) is 10.8 Å². The van der Waals surface area contributed by atoms with Crippen LogP contribution >= 0.6 is 11.8 Å². The molecule has 130 valence electrons. The van der Waals surface area contributed by atoms with Crippen LogP contribution in [0.4, 0.5) is 0 Å². The maximum Gasteiger partial charge on any atom is 0.162 e. The lowest BCUT2D eigenvalue weighted by atomic mass is 10.0. The van der Waals surface area contributed by atoms with Gasteiger partial charge < -0.3 is 4.98 Å². The van der Waals surface area contributed by atoms with Gasteiger partial charge in [-0.3, -0.25) is 4.79 Å². The van der Waals surface area contributed by atoms with E-state index in [2.05, 4.69) is 48.3 Å². The fourth-order valence-electron chi connectivity index (χ4n) is 2.97. The summed E-state index contributed by atoms with van der Waals surface area (Å²) in [6.07, 6.45) is 8.55. The van der Waals surface area contributed by atoms with Gasteiger partial charge in [0.05, 0.1) is 0 Å². The van der Waals surface area contributed by atoms with Crippen LogP contribution in [0.15, 0.2) is 64.5 Å². The number of carbonyl (C=O) groups excluding carboxylic acids is 1. The zero-order valence-corrected chi connectivity index (χ0v) is 15.6. The zero-order valence-electron chi connectivity index (χ0n) is 14.8. The van der Waals surface area contributed by atoms with Crippen molar-refractivity contribution in [3.05, 3.63) is 60.3 Å². The molecule has 0 aliphatic rings. The molecule has 3 rings (SSSR count). The lowest BCUT2D eigenvalue weighted by molar-refractivity contribution is 0.0979. The van der Waals surface area contributed by atoms with Crippen molar-refractivity contribution in [2.45, 2.75) is 55.2 Å². The number of unbranched alkanes of at least 4 members (excludes halogenated alkanes) is 4. The summed E-state index contributed by atoms with van der Waals surface area (Å²) in [7, 11) is 0. The third-order valence-electron chi connectivity index (χ3n) is 4.44. The quantitative estimate of drug-likeness (QED) is 0.337. The number of hydrogen-bond acceptors (Lipinski definition) is 2. The fourth-order valence-corrected chi connectivity index (χ4v) is 3.84. The SMILES string of the molecule is CCCCCCCC(=O)c1ccc(Sc2ccc3[nH]ccc3c2)cc1.